The van der Waals surface area contributed by atoms with Crippen LogP contribution in [0.3, 0.4) is 0 Å². The molecular weight excluding hydrogens is 336 g/mol. The molecule has 0 spiro atoms. The second kappa shape index (κ2) is 5.63. The summed E-state index contributed by atoms with van der Waals surface area (Å²) >= 11 is 2.68. The Kier molecular flexibility index (Phi) is 3.46. The first-order valence-corrected chi connectivity index (χ1v) is 8.38. The average Bonchev–Trinajstić information content (AvgIpc) is 3.25. The van der Waals surface area contributed by atoms with Crippen LogP contribution in [0.1, 0.15) is 21.5 Å². The Bertz CT molecular complexity index is 808. The molecule has 23 heavy (non-hydrogen) atoms. The van der Waals surface area contributed by atoms with E-state index >= 15 is 0 Å². The van der Waals surface area contributed by atoms with Crippen LogP contribution < -0.4 is 20.9 Å². The molecule has 1 aromatic carbocycles. The number of nitrogens with zero attached hydrogens (tertiary/aromatic N) is 4. The lowest BCUT2D eigenvalue weighted by atomic mass is 10.00. The van der Waals surface area contributed by atoms with Crippen molar-refractivity contribution >= 4 is 32.9 Å². The zero-order valence-electron chi connectivity index (χ0n) is 11.8. The van der Waals surface area contributed by atoms with E-state index in [2.05, 4.69) is 20.4 Å². The van der Waals surface area contributed by atoms with Crippen molar-refractivity contribution < 1.29 is 9.47 Å². The molecule has 1 aliphatic heterocycles. The number of benzene rings is 1. The van der Waals surface area contributed by atoms with E-state index in [1.165, 1.54) is 22.7 Å². The van der Waals surface area contributed by atoms with Crippen molar-refractivity contribution in [1.82, 2.24) is 20.4 Å². The van der Waals surface area contributed by atoms with Crippen molar-refractivity contribution in [1.29, 1.82) is 0 Å². The normalized spacial score (nSPS) is 12.9. The van der Waals surface area contributed by atoms with Gasteiger partial charge < -0.3 is 20.9 Å². The number of ether oxygens (including phenoxy) is 2. The molecule has 0 atom stereocenters. The molecular formula is C13H12N6O2S2. The number of hydrogen-bond acceptors (Lipinski definition) is 10. The van der Waals surface area contributed by atoms with E-state index in [-0.39, 0.29) is 12.7 Å². The summed E-state index contributed by atoms with van der Waals surface area (Å²) in [6.07, 6.45) is 0.667. The van der Waals surface area contributed by atoms with E-state index in [9.17, 15) is 0 Å². The first-order chi connectivity index (χ1) is 11.2. The largest absolute Gasteiger partial charge is 0.454 e. The van der Waals surface area contributed by atoms with Gasteiger partial charge in [0.15, 0.2) is 11.5 Å². The van der Waals surface area contributed by atoms with E-state index in [0.717, 1.165) is 27.1 Å². The summed E-state index contributed by atoms with van der Waals surface area (Å²) in [6.45, 7) is 0.252. The number of fused-ring (bicyclic) bond motifs is 1. The molecule has 0 bridgehead atoms. The Morgan fingerprint density at radius 3 is 2.22 bits per heavy atom. The molecule has 0 saturated carbocycles. The molecule has 4 rings (SSSR count). The summed E-state index contributed by atoms with van der Waals surface area (Å²) in [5.41, 5.74) is 12.5. The van der Waals surface area contributed by atoms with E-state index in [1.54, 1.807) is 0 Å². The fourth-order valence-corrected chi connectivity index (χ4v) is 3.86. The summed E-state index contributed by atoms with van der Waals surface area (Å²) in [4.78, 5) is 0. The van der Waals surface area contributed by atoms with Gasteiger partial charge in [-0.3, -0.25) is 0 Å². The topological polar surface area (TPSA) is 122 Å². The maximum absolute atomic E-state index is 5.72. The van der Waals surface area contributed by atoms with Crippen LogP contribution in [-0.4, -0.2) is 27.2 Å². The van der Waals surface area contributed by atoms with Crippen molar-refractivity contribution in [3.05, 3.63) is 33.8 Å². The van der Waals surface area contributed by atoms with Gasteiger partial charge in [0, 0.05) is 0 Å². The smallest absolute Gasteiger partial charge is 0.231 e. The first kappa shape index (κ1) is 14.2. The van der Waals surface area contributed by atoms with Gasteiger partial charge >= 0.3 is 0 Å². The van der Waals surface area contributed by atoms with E-state index in [4.69, 9.17) is 20.9 Å². The lowest BCUT2D eigenvalue weighted by Gasteiger charge is -2.11. The van der Waals surface area contributed by atoms with Crippen molar-refractivity contribution in [2.75, 3.05) is 18.3 Å². The third-order valence-corrected chi connectivity index (χ3v) is 5.12. The van der Waals surface area contributed by atoms with Crippen LogP contribution in [-0.2, 0) is 6.42 Å². The lowest BCUT2D eigenvalue weighted by molar-refractivity contribution is 0.174. The maximum Gasteiger partial charge on any atom is 0.231 e. The Morgan fingerprint density at radius 1 is 0.957 bits per heavy atom. The number of rotatable bonds is 4. The van der Waals surface area contributed by atoms with Crippen LogP contribution in [0.5, 0.6) is 11.5 Å². The zero-order valence-corrected chi connectivity index (χ0v) is 13.4. The van der Waals surface area contributed by atoms with Gasteiger partial charge in [-0.2, -0.15) is 0 Å². The third kappa shape index (κ3) is 2.78. The fourth-order valence-electron chi connectivity index (χ4n) is 2.36. The van der Waals surface area contributed by atoms with Crippen molar-refractivity contribution in [3.8, 4) is 11.5 Å². The van der Waals surface area contributed by atoms with Crippen LogP contribution in [0.25, 0.3) is 0 Å². The van der Waals surface area contributed by atoms with Crippen LogP contribution in [0.2, 0.25) is 0 Å². The molecule has 0 aliphatic carbocycles. The van der Waals surface area contributed by atoms with Crippen molar-refractivity contribution in [2.45, 2.75) is 12.3 Å². The quantitative estimate of drug-likeness (QED) is 0.730. The van der Waals surface area contributed by atoms with Gasteiger partial charge in [0.05, 0.1) is 5.92 Å². The van der Waals surface area contributed by atoms with Crippen LogP contribution >= 0.6 is 22.7 Å². The molecule has 4 N–H and O–H groups in total. The number of hydrogen-bond donors (Lipinski definition) is 2. The molecule has 0 saturated heterocycles. The zero-order chi connectivity index (χ0) is 15.8. The molecule has 3 aromatic rings. The highest BCUT2D eigenvalue weighted by atomic mass is 32.1. The first-order valence-electron chi connectivity index (χ1n) is 6.75. The molecule has 2 aromatic heterocycles. The summed E-state index contributed by atoms with van der Waals surface area (Å²) in [7, 11) is 0. The second-order valence-electron chi connectivity index (χ2n) is 4.90. The monoisotopic (exact) mass is 348 g/mol. The molecule has 0 radical (unpaired) electrons. The van der Waals surface area contributed by atoms with E-state index < -0.39 is 0 Å². The minimum Gasteiger partial charge on any atom is -0.454 e. The van der Waals surface area contributed by atoms with Gasteiger partial charge in [-0.15, -0.1) is 20.4 Å². The van der Waals surface area contributed by atoms with Gasteiger partial charge in [0.1, 0.15) is 10.0 Å². The summed E-state index contributed by atoms with van der Waals surface area (Å²) in [6, 6.07) is 5.86. The van der Waals surface area contributed by atoms with Gasteiger partial charge in [0.2, 0.25) is 17.1 Å². The summed E-state index contributed by atoms with van der Waals surface area (Å²) in [5, 5.41) is 18.5. The van der Waals surface area contributed by atoms with Gasteiger partial charge in [-0.25, -0.2) is 0 Å². The van der Waals surface area contributed by atoms with Crippen LogP contribution in [0, 0.1) is 0 Å². The molecule has 118 valence electrons. The Labute approximate surface area is 139 Å². The highest BCUT2D eigenvalue weighted by Gasteiger charge is 2.24. The highest BCUT2D eigenvalue weighted by molar-refractivity contribution is 7.16. The molecule has 3 heterocycles. The summed E-state index contributed by atoms with van der Waals surface area (Å²) < 4.78 is 10.8. The number of anilines is 2. The van der Waals surface area contributed by atoms with Gasteiger partial charge in [-0.05, 0) is 24.1 Å². The van der Waals surface area contributed by atoms with E-state index in [1.807, 2.05) is 18.2 Å². The fraction of sp³-hybridized carbons (Fsp3) is 0.231. The summed E-state index contributed by atoms with van der Waals surface area (Å²) in [5.74, 6) is 1.40. The maximum atomic E-state index is 5.72. The molecule has 0 amide bonds. The van der Waals surface area contributed by atoms with Crippen molar-refractivity contribution in [3.63, 3.8) is 0 Å². The minimum absolute atomic E-state index is 0.0972. The van der Waals surface area contributed by atoms with Crippen LogP contribution in [0.15, 0.2) is 18.2 Å². The second-order valence-corrected chi connectivity index (χ2v) is 6.98. The number of nitrogen functional groups attached to an aromatic ring is 2. The number of nitrogens with two attached hydrogens (primary N) is 2. The minimum atomic E-state index is -0.0972. The van der Waals surface area contributed by atoms with Crippen molar-refractivity contribution in [2.24, 2.45) is 0 Å². The molecule has 10 heteroatoms. The molecule has 0 fully saturated rings. The standard InChI is InChI=1S/C13H12N6O2S2/c14-12-18-16-10(22-12)7(11-17-19-13(15)23-11)3-6-1-2-8-9(4-6)21-5-20-8/h1-2,4,7H,3,5H2,(H2,14,18)(H2,15,19). The third-order valence-electron chi connectivity index (χ3n) is 3.39. The van der Waals surface area contributed by atoms with Crippen LogP contribution in [0.4, 0.5) is 10.3 Å². The predicted molar refractivity (Wildman–Crippen MR) is 86.8 cm³/mol. The molecule has 8 nitrogen and oxygen atoms in total. The Hall–Kier alpha value is -2.46. The molecule has 1 aliphatic rings. The number of aromatic nitrogens is 4. The lowest BCUT2D eigenvalue weighted by Crippen LogP contribution is -2.05. The predicted octanol–water partition coefficient (Wildman–Crippen LogP) is 1.66. The Balaban J connectivity index is 1.68. The SMILES string of the molecule is Nc1nnc(C(Cc2ccc3c(c2)OCO3)c2nnc(N)s2)s1. The van der Waals surface area contributed by atoms with E-state index in [0.29, 0.717) is 16.7 Å². The Morgan fingerprint density at radius 2 is 1.61 bits per heavy atom. The highest BCUT2D eigenvalue weighted by Crippen LogP contribution is 2.37. The molecule has 0 unspecified atom stereocenters. The van der Waals surface area contributed by atoms with Gasteiger partial charge in [-0.1, -0.05) is 28.7 Å². The average molecular weight is 348 g/mol. The van der Waals surface area contributed by atoms with Gasteiger partial charge in [0.25, 0.3) is 0 Å².